The quantitative estimate of drug-likeness (QED) is 0.630. The van der Waals surface area contributed by atoms with Crippen LogP contribution in [-0.4, -0.2) is 18.0 Å². The van der Waals surface area contributed by atoms with Gasteiger partial charge in [-0.2, -0.15) is 0 Å². The topological polar surface area (TPSA) is 3.24 Å². The van der Waals surface area contributed by atoms with Gasteiger partial charge in [0.05, 0.1) is 0 Å². The Bertz CT molecular complexity index is 264. The fourth-order valence-corrected chi connectivity index (χ4v) is 2.14. The molecule has 0 radical (unpaired) electrons. The molecule has 2 aliphatic rings. The fourth-order valence-electron chi connectivity index (χ4n) is 1.95. The molecule has 0 aromatic rings. The van der Waals surface area contributed by atoms with Crippen LogP contribution in [0.1, 0.15) is 25.7 Å². The molecule has 0 unspecified atom stereocenters. The van der Waals surface area contributed by atoms with E-state index in [1.54, 1.807) is 0 Å². The number of rotatable bonds is 1. The molecule has 1 aliphatic carbocycles. The summed E-state index contributed by atoms with van der Waals surface area (Å²) in [7, 11) is 0. The Balaban J connectivity index is 2.17. The van der Waals surface area contributed by atoms with Crippen molar-refractivity contribution in [1.82, 2.24) is 4.90 Å². The van der Waals surface area contributed by atoms with Crippen LogP contribution in [0.25, 0.3) is 0 Å². The van der Waals surface area contributed by atoms with Gasteiger partial charge in [-0.05, 0) is 31.8 Å². The van der Waals surface area contributed by atoms with Crippen LogP contribution in [0.2, 0.25) is 0 Å². The highest BCUT2D eigenvalue weighted by Gasteiger charge is 2.20. The van der Waals surface area contributed by atoms with E-state index in [1.165, 1.54) is 18.9 Å². The van der Waals surface area contributed by atoms with Crippen molar-refractivity contribution in [2.75, 3.05) is 13.1 Å². The van der Waals surface area contributed by atoms with E-state index in [1.807, 2.05) is 0 Å². The molecule has 2 rings (SSSR count). The third-order valence-corrected chi connectivity index (χ3v) is 2.95. The summed E-state index contributed by atoms with van der Waals surface area (Å²) in [5, 5.41) is 0.639. The highest BCUT2D eigenvalue weighted by atomic mass is 35.5. The number of likely N-dealkylation sites (tertiary alicyclic amines) is 1. The zero-order valence-corrected chi connectivity index (χ0v) is 8.28. The molecule has 1 nitrogen and oxygen atoms in total. The molecular formula is C10H13ClFN. The molecule has 0 N–H and O–H groups in total. The largest absolute Gasteiger partial charge is 0.372 e. The van der Waals surface area contributed by atoms with E-state index in [2.05, 4.69) is 4.90 Å². The van der Waals surface area contributed by atoms with Crippen molar-refractivity contribution >= 4 is 11.6 Å². The predicted octanol–water partition coefficient (Wildman–Crippen LogP) is 3.18. The molecule has 1 fully saturated rings. The highest BCUT2D eigenvalue weighted by molar-refractivity contribution is 6.29. The van der Waals surface area contributed by atoms with Gasteiger partial charge in [0, 0.05) is 23.8 Å². The lowest BCUT2D eigenvalue weighted by Crippen LogP contribution is -2.20. The van der Waals surface area contributed by atoms with Crippen LogP contribution < -0.4 is 0 Å². The first kappa shape index (κ1) is 9.07. The van der Waals surface area contributed by atoms with Crippen molar-refractivity contribution in [2.45, 2.75) is 25.7 Å². The summed E-state index contributed by atoms with van der Waals surface area (Å²) >= 11 is 5.75. The normalized spacial score (nSPS) is 23.8. The van der Waals surface area contributed by atoms with E-state index in [0.717, 1.165) is 31.6 Å². The molecule has 13 heavy (non-hydrogen) atoms. The smallest absolute Gasteiger partial charge is 0.143 e. The van der Waals surface area contributed by atoms with Gasteiger partial charge in [-0.1, -0.05) is 11.6 Å². The summed E-state index contributed by atoms with van der Waals surface area (Å²) in [6, 6.07) is 0. The average molecular weight is 202 g/mol. The van der Waals surface area contributed by atoms with Crippen molar-refractivity contribution in [3.63, 3.8) is 0 Å². The summed E-state index contributed by atoms with van der Waals surface area (Å²) in [5.41, 5.74) is 0.863. The average Bonchev–Trinajstić information content (AvgIpc) is 2.56. The van der Waals surface area contributed by atoms with E-state index in [9.17, 15) is 4.39 Å². The number of hydrogen-bond donors (Lipinski definition) is 0. The van der Waals surface area contributed by atoms with Crippen LogP contribution in [0.4, 0.5) is 4.39 Å². The second-order valence-corrected chi connectivity index (χ2v) is 4.07. The maximum Gasteiger partial charge on any atom is 0.143 e. The Hall–Kier alpha value is -0.500. The molecule has 0 spiro atoms. The second-order valence-electron chi connectivity index (χ2n) is 3.58. The first-order valence-corrected chi connectivity index (χ1v) is 5.15. The molecule has 1 saturated heterocycles. The van der Waals surface area contributed by atoms with Crippen LogP contribution in [0.3, 0.4) is 0 Å². The highest BCUT2D eigenvalue weighted by Crippen LogP contribution is 2.30. The summed E-state index contributed by atoms with van der Waals surface area (Å²) in [6.45, 7) is 2.02. The zero-order chi connectivity index (χ0) is 9.26. The summed E-state index contributed by atoms with van der Waals surface area (Å²) in [5.74, 6) is -0.127. The first-order chi connectivity index (χ1) is 6.27. The second kappa shape index (κ2) is 3.70. The Labute approximate surface area is 82.9 Å². The standard InChI is InChI=1S/C10H13ClFN/c11-8-3-4-10(9(12)7-8)13-5-1-2-6-13/h7H,1-6H2. The van der Waals surface area contributed by atoms with Crippen molar-refractivity contribution in [2.24, 2.45) is 0 Å². The lowest BCUT2D eigenvalue weighted by Gasteiger charge is -2.24. The number of hydrogen-bond acceptors (Lipinski definition) is 1. The van der Waals surface area contributed by atoms with Gasteiger partial charge in [0.15, 0.2) is 0 Å². The van der Waals surface area contributed by atoms with Crippen molar-refractivity contribution in [1.29, 1.82) is 0 Å². The Morgan fingerprint density at radius 3 is 2.54 bits per heavy atom. The SMILES string of the molecule is FC1=C(N2CCCC2)CCC(Cl)=C1. The minimum Gasteiger partial charge on any atom is -0.372 e. The van der Waals surface area contributed by atoms with E-state index in [0.29, 0.717) is 5.03 Å². The molecule has 0 aromatic heterocycles. The molecule has 72 valence electrons. The summed E-state index contributed by atoms with van der Waals surface area (Å²) < 4.78 is 13.4. The van der Waals surface area contributed by atoms with Gasteiger partial charge in [0.25, 0.3) is 0 Å². The lowest BCUT2D eigenvalue weighted by atomic mass is 10.1. The van der Waals surface area contributed by atoms with Crippen LogP contribution in [-0.2, 0) is 0 Å². The van der Waals surface area contributed by atoms with Crippen LogP contribution in [0.5, 0.6) is 0 Å². The van der Waals surface area contributed by atoms with Gasteiger partial charge in [-0.3, -0.25) is 0 Å². The molecule has 0 saturated carbocycles. The molecule has 0 bridgehead atoms. The van der Waals surface area contributed by atoms with Gasteiger partial charge in [0.1, 0.15) is 5.83 Å². The van der Waals surface area contributed by atoms with Gasteiger partial charge in [-0.25, -0.2) is 4.39 Å². The third-order valence-electron chi connectivity index (χ3n) is 2.65. The van der Waals surface area contributed by atoms with Gasteiger partial charge in [0.2, 0.25) is 0 Å². The van der Waals surface area contributed by atoms with Crippen molar-refractivity contribution < 1.29 is 4.39 Å². The Morgan fingerprint density at radius 2 is 1.92 bits per heavy atom. The predicted molar refractivity (Wildman–Crippen MR) is 52.1 cm³/mol. The lowest BCUT2D eigenvalue weighted by molar-refractivity contribution is 0.386. The first-order valence-electron chi connectivity index (χ1n) is 4.77. The Kier molecular flexibility index (Phi) is 2.58. The Morgan fingerprint density at radius 1 is 1.23 bits per heavy atom. The van der Waals surface area contributed by atoms with Crippen LogP contribution in [0, 0.1) is 0 Å². The van der Waals surface area contributed by atoms with Crippen LogP contribution in [0.15, 0.2) is 22.6 Å². The summed E-state index contributed by atoms with van der Waals surface area (Å²) in [4.78, 5) is 2.15. The minimum absolute atomic E-state index is 0.127. The van der Waals surface area contributed by atoms with Crippen LogP contribution >= 0.6 is 11.6 Å². The van der Waals surface area contributed by atoms with E-state index >= 15 is 0 Å². The van der Waals surface area contributed by atoms with Gasteiger partial charge >= 0.3 is 0 Å². The number of halogens is 2. The van der Waals surface area contributed by atoms with E-state index in [-0.39, 0.29) is 5.83 Å². The molecule has 0 atom stereocenters. The van der Waals surface area contributed by atoms with E-state index < -0.39 is 0 Å². The van der Waals surface area contributed by atoms with Gasteiger partial charge < -0.3 is 4.90 Å². The molecule has 1 heterocycles. The molecule has 0 amide bonds. The number of allylic oxidation sites excluding steroid dienone is 4. The molecule has 3 heteroatoms. The third kappa shape index (κ3) is 1.88. The molecular weight excluding hydrogens is 189 g/mol. The minimum atomic E-state index is -0.127. The van der Waals surface area contributed by atoms with Gasteiger partial charge in [-0.15, -0.1) is 0 Å². The van der Waals surface area contributed by atoms with E-state index in [4.69, 9.17) is 11.6 Å². The summed E-state index contributed by atoms with van der Waals surface area (Å²) in [6.07, 6.45) is 5.39. The van der Waals surface area contributed by atoms with Crippen molar-refractivity contribution in [3.8, 4) is 0 Å². The monoisotopic (exact) mass is 201 g/mol. The number of nitrogens with zero attached hydrogens (tertiary/aromatic N) is 1. The maximum atomic E-state index is 13.4. The maximum absolute atomic E-state index is 13.4. The fraction of sp³-hybridized carbons (Fsp3) is 0.600. The molecule has 1 aliphatic heterocycles. The zero-order valence-electron chi connectivity index (χ0n) is 7.52. The van der Waals surface area contributed by atoms with Crippen molar-refractivity contribution in [3.05, 3.63) is 22.6 Å². The molecule has 0 aromatic carbocycles.